The summed E-state index contributed by atoms with van der Waals surface area (Å²) in [6, 6.07) is 11.0. The largest absolute Gasteiger partial charge is 0.491 e. The van der Waals surface area contributed by atoms with Crippen LogP contribution in [-0.4, -0.2) is 83.4 Å². The lowest BCUT2D eigenvalue weighted by Crippen LogP contribution is -2.55. The zero-order valence-corrected chi connectivity index (χ0v) is 27.4. The van der Waals surface area contributed by atoms with E-state index in [-0.39, 0.29) is 18.1 Å². The van der Waals surface area contributed by atoms with E-state index in [2.05, 4.69) is 45.1 Å². The van der Waals surface area contributed by atoms with Gasteiger partial charge in [-0.25, -0.2) is 9.78 Å². The number of carbonyl (C=O) groups is 1. The molecule has 2 aliphatic carbocycles. The maximum Gasteiger partial charge on any atom is 0.410 e. The van der Waals surface area contributed by atoms with Crippen molar-refractivity contribution in [1.82, 2.24) is 19.8 Å². The van der Waals surface area contributed by atoms with Crippen molar-refractivity contribution in [2.24, 2.45) is 11.8 Å². The molecule has 1 aromatic carbocycles. The topological polar surface area (TPSA) is 97.7 Å². The molecule has 240 valence electrons. The van der Waals surface area contributed by atoms with Crippen LogP contribution in [-0.2, 0) is 9.47 Å². The standard InChI is InChI=1S/C35H45ClN6O3/c1-35(2,3)45-34(43)41-16-14-40(15-17-41)21-24-22-42(23-24)28-9-4-26(5-10-28)33-38-20-32(39-33)25-6-11-29(12-7-25)44-30-13-8-27(19-37)31(36)18-30/h4-5,9-10,13,18,20,24-25,27,29H,6-8,11-12,14-17,21-23H2,1-3H3,(H,38,39)/t25-,27?,29-. The van der Waals surface area contributed by atoms with Gasteiger partial charge < -0.3 is 24.3 Å². The van der Waals surface area contributed by atoms with Crippen LogP contribution in [0.1, 0.15) is 64.5 Å². The summed E-state index contributed by atoms with van der Waals surface area (Å²) in [4.78, 5) is 27.4. The van der Waals surface area contributed by atoms with Gasteiger partial charge in [-0.05, 0) is 89.3 Å². The number of piperazine rings is 1. The number of imidazole rings is 1. The first kappa shape index (κ1) is 31.5. The van der Waals surface area contributed by atoms with E-state index in [0.29, 0.717) is 23.3 Å². The molecular formula is C35H45ClN6O3. The summed E-state index contributed by atoms with van der Waals surface area (Å²) < 4.78 is 11.7. The SMILES string of the molecule is CC(C)(C)OC(=O)N1CCN(CC2CN(c3ccc(-c4ncc([C@H]5CC[C@H](OC6=CCC(C#N)C(Cl)=C6)CC5)[nH]4)cc3)C2)CC1. The number of anilines is 1. The lowest BCUT2D eigenvalue weighted by molar-refractivity contribution is 0.0129. The number of halogens is 1. The number of aromatic amines is 1. The zero-order chi connectivity index (χ0) is 31.6. The summed E-state index contributed by atoms with van der Waals surface area (Å²) in [5, 5.41) is 9.72. The number of hydrogen-bond acceptors (Lipinski definition) is 7. The van der Waals surface area contributed by atoms with Gasteiger partial charge in [-0.1, -0.05) is 11.6 Å². The second-order valence-corrected chi connectivity index (χ2v) is 14.4. The molecule has 1 unspecified atom stereocenters. The molecule has 4 aliphatic rings. The minimum Gasteiger partial charge on any atom is -0.491 e. The Bertz CT molecular complexity index is 1430. The molecule has 45 heavy (non-hydrogen) atoms. The lowest BCUT2D eigenvalue weighted by Gasteiger charge is -2.44. The Kier molecular flexibility index (Phi) is 9.44. The molecule has 2 aromatic rings. The highest BCUT2D eigenvalue weighted by atomic mass is 35.5. The number of aromatic nitrogens is 2. The van der Waals surface area contributed by atoms with E-state index < -0.39 is 5.60 Å². The fraction of sp³-hybridized carbons (Fsp3) is 0.571. The van der Waals surface area contributed by atoms with Crippen LogP contribution < -0.4 is 4.90 Å². The van der Waals surface area contributed by atoms with Crippen LogP contribution in [0.2, 0.25) is 0 Å². The molecule has 0 radical (unpaired) electrons. The van der Waals surface area contributed by atoms with Crippen molar-refractivity contribution in [3.05, 3.63) is 59.1 Å². The monoisotopic (exact) mass is 632 g/mol. The van der Waals surface area contributed by atoms with Crippen molar-refractivity contribution in [2.45, 2.75) is 70.5 Å². The number of amides is 1. The molecule has 6 rings (SSSR count). The molecule has 3 fully saturated rings. The first-order chi connectivity index (χ1) is 21.6. The fourth-order valence-corrected chi connectivity index (χ4v) is 6.99. The maximum absolute atomic E-state index is 12.3. The maximum atomic E-state index is 12.3. The Labute approximate surface area is 271 Å². The van der Waals surface area contributed by atoms with Gasteiger partial charge in [-0.15, -0.1) is 0 Å². The van der Waals surface area contributed by atoms with Gasteiger partial charge in [0.25, 0.3) is 0 Å². The summed E-state index contributed by atoms with van der Waals surface area (Å²) in [5.74, 6) is 2.56. The van der Waals surface area contributed by atoms with Crippen molar-refractivity contribution in [3.63, 3.8) is 0 Å². The molecular weight excluding hydrogens is 588 g/mol. The summed E-state index contributed by atoms with van der Waals surface area (Å²) in [6.07, 6.45) is 10.4. The van der Waals surface area contributed by atoms with Crippen LogP contribution in [0.3, 0.4) is 0 Å². The second kappa shape index (κ2) is 13.5. The lowest BCUT2D eigenvalue weighted by atomic mass is 9.85. The Morgan fingerprint density at radius 1 is 1.09 bits per heavy atom. The van der Waals surface area contributed by atoms with E-state index in [1.807, 2.05) is 37.9 Å². The van der Waals surface area contributed by atoms with Crippen LogP contribution >= 0.6 is 11.6 Å². The van der Waals surface area contributed by atoms with E-state index in [1.165, 1.54) is 11.4 Å². The molecule has 2 saturated heterocycles. The van der Waals surface area contributed by atoms with Crippen LogP contribution in [0.4, 0.5) is 10.5 Å². The number of nitriles is 1. The minimum atomic E-state index is -0.452. The van der Waals surface area contributed by atoms with Gasteiger partial charge in [0.1, 0.15) is 17.2 Å². The molecule has 10 heteroatoms. The summed E-state index contributed by atoms with van der Waals surface area (Å²) in [7, 11) is 0. The number of nitrogens with zero attached hydrogens (tertiary/aromatic N) is 5. The van der Waals surface area contributed by atoms with Gasteiger partial charge in [-0.3, -0.25) is 4.90 Å². The average Bonchev–Trinajstić information content (AvgIpc) is 3.49. The fourth-order valence-electron chi connectivity index (χ4n) is 6.74. The zero-order valence-electron chi connectivity index (χ0n) is 26.7. The highest BCUT2D eigenvalue weighted by molar-refractivity contribution is 6.30. The Hall–Kier alpha value is -3.48. The number of H-pyrrole nitrogens is 1. The van der Waals surface area contributed by atoms with Crippen LogP contribution in [0.5, 0.6) is 0 Å². The molecule has 3 heterocycles. The summed E-state index contributed by atoms with van der Waals surface area (Å²) in [5.41, 5.74) is 3.10. The average molecular weight is 633 g/mol. The number of allylic oxidation sites excluding steroid dienone is 3. The third kappa shape index (κ3) is 7.85. The summed E-state index contributed by atoms with van der Waals surface area (Å²) in [6.45, 7) is 12.2. The number of carbonyl (C=O) groups excluding carboxylic acids is 1. The van der Waals surface area contributed by atoms with Gasteiger partial charge in [0.2, 0.25) is 0 Å². The van der Waals surface area contributed by atoms with Gasteiger partial charge in [-0.2, -0.15) is 5.26 Å². The van der Waals surface area contributed by atoms with Crippen molar-refractivity contribution in [2.75, 3.05) is 50.7 Å². The van der Waals surface area contributed by atoms with E-state index in [0.717, 1.165) is 88.6 Å². The molecule has 0 bridgehead atoms. The van der Waals surface area contributed by atoms with Crippen molar-refractivity contribution in [3.8, 4) is 17.5 Å². The molecule has 2 aliphatic heterocycles. The Morgan fingerprint density at radius 3 is 2.44 bits per heavy atom. The highest BCUT2D eigenvalue weighted by Crippen LogP contribution is 2.36. The number of ether oxygens (including phenoxy) is 2. The second-order valence-electron chi connectivity index (χ2n) is 13.9. The molecule has 1 saturated carbocycles. The molecule has 9 nitrogen and oxygen atoms in total. The third-order valence-corrected chi connectivity index (χ3v) is 9.71. The van der Waals surface area contributed by atoms with Gasteiger partial charge in [0, 0.05) is 85.8 Å². The molecule has 1 atom stereocenters. The van der Waals surface area contributed by atoms with Crippen LogP contribution in [0, 0.1) is 23.2 Å². The van der Waals surface area contributed by atoms with Crippen LogP contribution in [0.15, 0.2) is 53.4 Å². The van der Waals surface area contributed by atoms with Gasteiger partial charge in [0.05, 0.1) is 18.1 Å². The van der Waals surface area contributed by atoms with Crippen molar-refractivity contribution in [1.29, 1.82) is 5.26 Å². The number of hydrogen-bond donors (Lipinski definition) is 1. The predicted octanol–water partition coefficient (Wildman–Crippen LogP) is 6.66. The van der Waals surface area contributed by atoms with E-state index >= 15 is 0 Å². The van der Waals surface area contributed by atoms with Crippen molar-refractivity contribution >= 4 is 23.4 Å². The predicted molar refractivity (Wildman–Crippen MR) is 176 cm³/mol. The highest BCUT2D eigenvalue weighted by Gasteiger charge is 2.32. The summed E-state index contributed by atoms with van der Waals surface area (Å²) >= 11 is 6.24. The molecule has 0 spiro atoms. The first-order valence-electron chi connectivity index (χ1n) is 16.4. The number of nitrogens with one attached hydrogen (secondary N) is 1. The Balaban J connectivity index is 0.922. The third-order valence-electron chi connectivity index (χ3n) is 9.34. The normalized spacial score (nSPS) is 24.7. The molecule has 1 N–H and O–H groups in total. The molecule has 1 amide bonds. The van der Waals surface area contributed by atoms with Crippen LogP contribution in [0.25, 0.3) is 11.4 Å². The smallest absolute Gasteiger partial charge is 0.410 e. The van der Waals surface area contributed by atoms with Gasteiger partial charge in [0.15, 0.2) is 0 Å². The number of rotatable bonds is 7. The van der Waals surface area contributed by atoms with E-state index in [4.69, 9.17) is 31.3 Å². The Morgan fingerprint density at radius 2 is 1.80 bits per heavy atom. The number of benzene rings is 1. The quantitative estimate of drug-likeness (QED) is 0.365. The molecule has 1 aromatic heterocycles. The van der Waals surface area contributed by atoms with Crippen molar-refractivity contribution < 1.29 is 14.3 Å². The minimum absolute atomic E-state index is 0.178. The van der Waals surface area contributed by atoms with E-state index in [1.54, 1.807) is 6.08 Å². The van der Waals surface area contributed by atoms with E-state index in [9.17, 15) is 4.79 Å². The van der Waals surface area contributed by atoms with Gasteiger partial charge >= 0.3 is 6.09 Å². The first-order valence-corrected chi connectivity index (χ1v) is 16.8.